The Bertz CT molecular complexity index is 367. The summed E-state index contributed by atoms with van der Waals surface area (Å²) in [7, 11) is 0. The molecule has 0 radical (unpaired) electrons. The Kier molecular flexibility index (Phi) is 4.81. The van der Waals surface area contributed by atoms with E-state index >= 15 is 0 Å². The summed E-state index contributed by atoms with van der Waals surface area (Å²) >= 11 is 0. The first-order valence-corrected chi connectivity index (χ1v) is 6.93. The molecule has 0 aromatic heterocycles. The number of unbranched alkanes of at least 4 members (excludes halogenated alkanes) is 2. The van der Waals surface area contributed by atoms with Gasteiger partial charge in [-0.3, -0.25) is 0 Å². The van der Waals surface area contributed by atoms with Crippen molar-refractivity contribution in [3.63, 3.8) is 0 Å². The Morgan fingerprint density at radius 3 is 2.94 bits per heavy atom. The van der Waals surface area contributed by atoms with E-state index in [1.165, 1.54) is 38.3 Å². The molecule has 0 bridgehead atoms. The van der Waals surface area contributed by atoms with Crippen LogP contribution in [0.4, 0.5) is 0 Å². The van der Waals surface area contributed by atoms with Crippen LogP contribution in [-0.4, -0.2) is 17.9 Å². The summed E-state index contributed by atoms with van der Waals surface area (Å²) in [6, 6.07) is 0. The Morgan fingerprint density at radius 1 is 1.39 bits per heavy atom. The minimum absolute atomic E-state index is 0.256. The van der Waals surface area contributed by atoms with Crippen LogP contribution in [0.3, 0.4) is 0 Å². The van der Waals surface area contributed by atoms with Gasteiger partial charge in [0.25, 0.3) is 0 Å². The minimum atomic E-state index is 0.256. The second kappa shape index (κ2) is 6.59. The van der Waals surface area contributed by atoms with E-state index in [9.17, 15) is 5.11 Å². The van der Waals surface area contributed by atoms with Gasteiger partial charge in [0.05, 0.1) is 11.9 Å². The van der Waals surface area contributed by atoms with Gasteiger partial charge in [-0.15, -0.1) is 0 Å². The second-order valence-corrected chi connectivity index (χ2v) is 5.11. The molecule has 2 aliphatic rings. The van der Waals surface area contributed by atoms with Crippen molar-refractivity contribution in [3.8, 4) is 0 Å². The number of aliphatic hydroxyl groups excluding tert-OH is 1. The predicted molar refractivity (Wildman–Crippen MR) is 74.2 cm³/mol. The zero-order chi connectivity index (χ0) is 12.8. The zero-order valence-electron chi connectivity index (χ0n) is 10.9. The highest BCUT2D eigenvalue weighted by molar-refractivity contribution is 5.78. The quantitative estimate of drug-likeness (QED) is 0.607. The summed E-state index contributed by atoms with van der Waals surface area (Å²) < 4.78 is 0. The zero-order valence-corrected chi connectivity index (χ0v) is 10.9. The van der Waals surface area contributed by atoms with Crippen molar-refractivity contribution in [3.05, 3.63) is 23.4 Å². The highest BCUT2D eigenvalue weighted by Crippen LogP contribution is 2.34. The van der Waals surface area contributed by atoms with E-state index in [1.54, 1.807) is 0 Å². The van der Waals surface area contributed by atoms with Crippen molar-refractivity contribution in [2.24, 2.45) is 16.6 Å². The lowest BCUT2D eigenvalue weighted by Gasteiger charge is -2.16. The fraction of sp³-hybridized carbons (Fsp3) is 0.643. The maximum atomic E-state index is 9.72. The lowest BCUT2D eigenvalue weighted by atomic mass is 10.1. The van der Waals surface area contributed by atoms with Crippen molar-refractivity contribution < 1.29 is 5.11 Å². The van der Waals surface area contributed by atoms with Gasteiger partial charge in [-0.2, -0.15) is 0 Å². The molecule has 1 heterocycles. The van der Waals surface area contributed by atoms with Gasteiger partial charge in [-0.05, 0) is 24.8 Å². The number of allylic oxidation sites excluding steroid dienone is 2. The molecule has 0 saturated heterocycles. The number of rotatable bonds is 7. The minimum Gasteiger partial charge on any atom is -0.505 e. The van der Waals surface area contributed by atoms with Crippen LogP contribution >= 0.6 is 0 Å². The lowest BCUT2D eigenvalue weighted by molar-refractivity contribution is 0.426. The molecule has 18 heavy (non-hydrogen) atoms. The molecule has 1 aliphatic heterocycles. The molecule has 1 saturated carbocycles. The maximum Gasteiger partial charge on any atom is 0.153 e. The fourth-order valence-electron chi connectivity index (χ4n) is 2.18. The van der Waals surface area contributed by atoms with Crippen molar-refractivity contribution in [1.82, 2.24) is 5.32 Å². The normalized spacial score (nSPS) is 21.5. The number of hydrogen-bond acceptors (Lipinski definition) is 4. The largest absolute Gasteiger partial charge is 0.505 e. The van der Waals surface area contributed by atoms with Crippen LogP contribution in [0, 0.1) is 5.92 Å². The van der Waals surface area contributed by atoms with Crippen LogP contribution in [0.15, 0.2) is 28.3 Å². The first-order chi connectivity index (χ1) is 8.79. The van der Waals surface area contributed by atoms with Crippen LogP contribution in [0.1, 0.15) is 44.9 Å². The van der Waals surface area contributed by atoms with E-state index in [0.29, 0.717) is 6.54 Å². The van der Waals surface area contributed by atoms with Gasteiger partial charge in [0.2, 0.25) is 0 Å². The molecule has 100 valence electrons. The fourth-order valence-corrected chi connectivity index (χ4v) is 2.18. The van der Waals surface area contributed by atoms with E-state index in [4.69, 9.17) is 5.73 Å². The van der Waals surface area contributed by atoms with Crippen LogP contribution in [0.2, 0.25) is 0 Å². The predicted octanol–water partition coefficient (Wildman–Crippen LogP) is 2.59. The lowest BCUT2D eigenvalue weighted by Crippen LogP contribution is -2.19. The van der Waals surface area contributed by atoms with E-state index < -0.39 is 0 Å². The Labute approximate surface area is 109 Å². The molecule has 4 nitrogen and oxygen atoms in total. The van der Waals surface area contributed by atoms with Crippen molar-refractivity contribution >= 4 is 6.21 Å². The third-order valence-corrected chi connectivity index (χ3v) is 3.46. The van der Waals surface area contributed by atoms with Gasteiger partial charge in [-0.1, -0.05) is 32.1 Å². The van der Waals surface area contributed by atoms with E-state index in [2.05, 4.69) is 10.3 Å². The summed E-state index contributed by atoms with van der Waals surface area (Å²) in [5.41, 5.74) is 6.32. The molecule has 0 atom stereocenters. The van der Waals surface area contributed by atoms with Gasteiger partial charge in [0.1, 0.15) is 5.82 Å². The number of aliphatic hydroxyl groups is 1. The standard InChI is InChI=1S/C14H23N3O/c15-9-8-14-16-10-13(18)12(17-14)5-3-1-2-4-11-6-7-11/h8,10-11,17-18H,1-7,9,15H2/b14-8+. The van der Waals surface area contributed by atoms with Crippen LogP contribution < -0.4 is 11.1 Å². The molecule has 4 N–H and O–H groups in total. The molecule has 1 fully saturated rings. The summed E-state index contributed by atoms with van der Waals surface area (Å²) in [4.78, 5) is 4.06. The molecule has 2 rings (SSSR count). The number of aliphatic imine (C=N–C) groups is 1. The van der Waals surface area contributed by atoms with Gasteiger partial charge >= 0.3 is 0 Å². The van der Waals surface area contributed by atoms with E-state index in [0.717, 1.165) is 30.3 Å². The highest BCUT2D eigenvalue weighted by Gasteiger charge is 2.20. The summed E-state index contributed by atoms with van der Waals surface area (Å²) in [6.07, 6.45) is 12.1. The van der Waals surface area contributed by atoms with Crippen molar-refractivity contribution in [1.29, 1.82) is 0 Å². The topological polar surface area (TPSA) is 70.6 Å². The summed E-state index contributed by atoms with van der Waals surface area (Å²) in [5.74, 6) is 2.02. The molecule has 0 aromatic carbocycles. The first-order valence-electron chi connectivity index (χ1n) is 6.93. The molecule has 0 unspecified atom stereocenters. The monoisotopic (exact) mass is 249 g/mol. The molecule has 0 spiro atoms. The Morgan fingerprint density at radius 2 is 2.22 bits per heavy atom. The molecule has 0 aromatic rings. The van der Waals surface area contributed by atoms with Gasteiger partial charge in [-0.25, -0.2) is 4.99 Å². The van der Waals surface area contributed by atoms with Gasteiger partial charge in [0.15, 0.2) is 5.76 Å². The molecule has 4 heteroatoms. The molecular formula is C14H23N3O. The first kappa shape index (κ1) is 13.1. The van der Waals surface area contributed by atoms with Crippen LogP contribution in [0.25, 0.3) is 0 Å². The van der Waals surface area contributed by atoms with E-state index in [-0.39, 0.29) is 5.76 Å². The molecule has 1 aliphatic carbocycles. The molecular weight excluding hydrogens is 226 g/mol. The van der Waals surface area contributed by atoms with E-state index in [1.807, 2.05) is 6.08 Å². The second-order valence-electron chi connectivity index (χ2n) is 5.11. The van der Waals surface area contributed by atoms with Gasteiger partial charge in [0, 0.05) is 6.54 Å². The maximum absolute atomic E-state index is 9.72. The number of nitrogens with zero attached hydrogens (tertiary/aromatic N) is 1. The smallest absolute Gasteiger partial charge is 0.153 e. The number of hydrogen-bond donors (Lipinski definition) is 3. The molecule has 0 amide bonds. The Balaban J connectivity index is 1.69. The summed E-state index contributed by atoms with van der Waals surface area (Å²) in [6.45, 7) is 0.453. The number of nitrogens with two attached hydrogens (primary N) is 1. The van der Waals surface area contributed by atoms with Crippen LogP contribution in [-0.2, 0) is 0 Å². The van der Waals surface area contributed by atoms with Gasteiger partial charge < -0.3 is 16.2 Å². The van der Waals surface area contributed by atoms with Crippen molar-refractivity contribution in [2.75, 3.05) is 6.54 Å². The number of nitrogens with one attached hydrogen (secondary N) is 1. The SMILES string of the molecule is NC/C=C1\N=CC(O)=C(CCCCCC2CC2)N1. The average molecular weight is 249 g/mol. The van der Waals surface area contributed by atoms with Crippen LogP contribution in [0.5, 0.6) is 0 Å². The average Bonchev–Trinajstić information content (AvgIpc) is 3.17. The summed E-state index contributed by atoms with van der Waals surface area (Å²) in [5, 5.41) is 12.8. The third-order valence-electron chi connectivity index (χ3n) is 3.46. The Hall–Kier alpha value is -1.29. The van der Waals surface area contributed by atoms with Crippen molar-refractivity contribution in [2.45, 2.75) is 44.9 Å². The highest BCUT2D eigenvalue weighted by atomic mass is 16.3. The third kappa shape index (κ3) is 4.18.